The molecule has 0 bridgehead atoms. The van der Waals surface area contributed by atoms with E-state index < -0.39 is 0 Å². The fourth-order valence-corrected chi connectivity index (χ4v) is 0.857. The third-order valence-electron chi connectivity index (χ3n) is 1.33. The predicted octanol–water partition coefficient (Wildman–Crippen LogP) is 2.08. The van der Waals surface area contributed by atoms with Gasteiger partial charge in [-0.2, -0.15) is 0 Å². The number of nitrogens with zero attached hydrogens (tertiary/aromatic N) is 3. The molecule has 0 radical (unpaired) electrons. The van der Waals surface area contributed by atoms with E-state index in [9.17, 15) is 0 Å². The highest BCUT2D eigenvalue weighted by Crippen LogP contribution is 2.06. The van der Waals surface area contributed by atoms with Crippen molar-refractivity contribution in [2.24, 2.45) is 0 Å². The van der Waals surface area contributed by atoms with Gasteiger partial charge in [0.1, 0.15) is 11.0 Å². The van der Waals surface area contributed by atoms with Crippen LogP contribution in [0.4, 0.5) is 0 Å². The van der Waals surface area contributed by atoms with Gasteiger partial charge in [-0.1, -0.05) is 37.2 Å². The molecule has 0 unspecified atom stereocenters. The van der Waals surface area contributed by atoms with Crippen molar-refractivity contribution in [2.45, 2.75) is 20.3 Å². The summed E-state index contributed by atoms with van der Waals surface area (Å²) in [5, 5.41) is 16.1. The Balaban J connectivity index is 0.000000251. The van der Waals surface area contributed by atoms with Crippen molar-refractivity contribution in [1.29, 1.82) is 0 Å². The molecule has 2 rings (SSSR count). The van der Waals surface area contributed by atoms with Gasteiger partial charge >= 0.3 is 0 Å². The van der Waals surface area contributed by atoms with E-state index in [1.54, 1.807) is 12.1 Å². The maximum atomic E-state index is 8.95. The summed E-state index contributed by atoms with van der Waals surface area (Å²) in [4.78, 5) is 0.759. The zero-order chi connectivity index (χ0) is 9.68. The molecule has 0 atom stereocenters. The molecular formula is C9H13N3O. The van der Waals surface area contributed by atoms with Crippen LogP contribution in [-0.4, -0.2) is 20.4 Å². The number of hydrogen-bond acceptors (Lipinski definition) is 3. The Morgan fingerprint density at radius 2 is 1.92 bits per heavy atom. The largest absolute Gasteiger partial charge is 0.410 e. The molecule has 0 aliphatic heterocycles. The summed E-state index contributed by atoms with van der Waals surface area (Å²) in [7, 11) is 0. The van der Waals surface area contributed by atoms with E-state index in [-0.39, 0.29) is 0 Å². The normalized spacial score (nSPS) is 9.38. The van der Waals surface area contributed by atoms with E-state index in [0.29, 0.717) is 11.0 Å². The summed E-state index contributed by atoms with van der Waals surface area (Å²) in [5.74, 6) is 0. The van der Waals surface area contributed by atoms with Gasteiger partial charge in [0.2, 0.25) is 0 Å². The van der Waals surface area contributed by atoms with Gasteiger partial charge in [0, 0.05) is 0 Å². The van der Waals surface area contributed by atoms with Crippen LogP contribution in [0.5, 0.6) is 0 Å². The fraction of sp³-hybridized carbons (Fsp3) is 0.333. The Bertz CT molecular complexity index is 370. The molecule has 0 amide bonds. The second-order valence-corrected chi connectivity index (χ2v) is 2.67. The molecule has 13 heavy (non-hydrogen) atoms. The van der Waals surface area contributed by atoms with Gasteiger partial charge in [-0.3, -0.25) is 0 Å². The molecule has 0 saturated carbocycles. The summed E-state index contributed by atoms with van der Waals surface area (Å²) in [6, 6.07) is 7.19. The highest BCUT2D eigenvalue weighted by Gasteiger charge is 1.98. The third-order valence-corrected chi connectivity index (χ3v) is 1.33. The maximum absolute atomic E-state index is 8.95. The lowest BCUT2D eigenvalue weighted by Crippen LogP contribution is -1.90. The first-order valence-electron chi connectivity index (χ1n) is 4.29. The van der Waals surface area contributed by atoms with Gasteiger partial charge in [-0.15, -0.1) is 5.10 Å². The fourth-order valence-electron chi connectivity index (χ4n) is 0.857. The van der Waals surface area contributed by atoms with E-state index in [4.69, 9.17) is 5.21 Å². The molecule has 70 valence electrons. The van der Waals surface area contributed by atoms with Crippen LogP contribution in [0.25, 0.3) is 11.0 Å². The average Bonchev–Trinajstić information content (AvgIpc) is 2.50. The van der Waals surface area contributed by atoms with E-state index in [1.807, 2.05) is 12.1 Å². The lowest BCUT2D eigenvalue weighted by atomic mass is 10.3. The Kier molecular flexibility index (Phi) is 3.25. The minimum Gasteiger partial charge on any atom is -0.410 e. The zero-order valence-electron chi connectivity index (χ0n) is 7.81. The first-order chi connectivity index (χ1) is 6.29. The van der Waals surface area contributed by atoms with Gasteiger partial charge in [-0.05, 0) is 17.3 Å². The van der Waals surface area contributed by atoms with Gasteiger partial charge in [0.15, 0.2) is 0 Å². The molecule has 0 aliphatic carbocycles. The van der Waals surface area contributed by atoms with Crippen LogP contribution in [0.1, 0.15) is 20.3 Å². The van der Waals surface area contributed by atoms with Crippen LogP contribution in [0.2, 0.25) is 0 Å². The molecule has 1 heterocycles. The van der Waals surface area contributed by atoms with Crippen molar-refractivity contribution in [3.63, 3.8) is 0 Å². The van der Waals surface area contributed by atoms with E-state index in [2.05, 4.69) is 24.2 Å². The summed E-state index contributed by atoms with van der Waals surface area (Å²) in [6.45, 7) is 4.25. The average molecular weight is 179 g/mol. The number of hydrogen-bond donors (Lipinski definition) is 1. The van der Waals surface area contributed by atoms with Crippen LogP contribution in [-0.2, 0) is 0 Å². The van der Waals surface area contributed by atoms with Crippen molar-refractivity contribution in [2.75, 3.05) is 0 Å². The Labute approximate surface area is 76.8 Å². The smallest absolute Gasteiger partial charge is 0.130 e. The minimum absolute atomic E-state index is 0.627. The molecule has 0 fully saturated rings. The van der Waals surface area contributed by atoms with Crippen LogP contribution in [0.3, 0.4) is 0 Å². The van der Waals surface area contributed by atoms with Crippen molar-refractivity contribution in [1.82, 2.24) is 15.2 Å². The van der Waals surface area contributed by atoms with Crippen LogP contribution >= 0.6 is 0 Å². The van der Waals surface area contributed by atoms with Gasteiger partial charge in [-0.25, -0.2) is 0 Å². The van der Waals surface area contributed by atoms with E-state index in [1.165, 1.54) is 6.42 Å². The highest BCUT2D eigenvalue weighted by atomic mass is 16.5. The predicted molar refractivity (Wildman–Crippen MR) is 50.7 cm³/mol. The second kappa shape index (κ2) is 4.45. The Morgan fingerprint density at radius 3 is 2.54 bits per heavy atom. The molecular weight excluding hydrogens is 166 g/mol. The van der Waals surface area contributed by atoms with Gasteiger partial charge < -0.3 is 5.21 Å². The van der Waals surface area contributed by atoms with E-state index in [0.717, 1.165) is 4.85 Å². The number of aromatic nitrogens is 3. The Morgan fingerprint density at radius 1 is 1.31 bits per heavy atom. The number of fused-ring (bicyclic) bond motifs is 1. The summed E-state index contributed by atoms with van der Waals surface area (Å²) < 4.78 is 0. The topological polar surface area (TPSA) is 50.9 Å². The molecule has 0 saturated heterocycles. The quantitative estimate of drug-likeness (QED) is 0.630. The molecule has 0 spiro atoms. The minimum atomic E-state index is 0.627. The Hall–Kier alpha value is -1.58. The van der Waals surface area contributed by atoms with Crippen LogP contribution < -0.4 is 0 Å². The third kappa shape index (κ3) is 2.18. The standard InChI is InChI=1S/C6H5N3O.C3H8/c10-9-6-4-2-1-3-5(6)7-8-9;1-3-2/h1-4,10H;3H2,1-2H3. The van der Waals surface area contributed by atoms with Crippen molar-refractivity contribution in [3.05, 3.63) is 24.3 Å². The van der Waals surface area contributed by atoms with Crippen molar-refractivity contribution >= 4 is 11.0 Å². The molecule has 2 aromatic rings. The molecule has 0 aliphatic rings. The first kappa shape index (κ1) is 9.51. The molecule has 1 N–H and O–H groups in total. The molecule has 1 aromatic carbocycles. The van der Waals surface area contributed by atoms with Crippen molar-refractivity contribution < 1.29 is 5.21 Å². The SMILES string of the molecule is CCC.On1nnc2ccccc21. The highest BCUT2D eigenvalue weighted by molar-refractivity contribution is 5.73. The monoisotopic (exact) mass is 179 g/mol. The lowest BCUT2D eigenvalue weighted by molar-refractivity contribution is 0.155. The summed E-state index contributed by atoms with van der Waals surface area (Å²) in [6.07, 6.45) is 1.25. The first-order valence-corrected chi connectivity index (χ1v) is 4.29. The van der Waals surface area contributed by atoms with Crippen LogP contribution in [0.15, 0.2) is 24.3 Å². The summed E-state index contributed by atoms with van der Waals surface area (Å²) >= 11 is 0. The number of para-hydroxylation sites is 1. The van der Waals surface area contributed by atoms with Gasteiger partial charge in [0.05, 0.1) is 0 Å². The second-order valence-electron chi connectivity index (χ2n) is 2.67. The maximum Gasteiger partial charge on any atom is 0.130 e. The molecule has 4 nitrogen and oxygen atoms in total. The molecule has 4 heteroatoms. The van der Waals surface area contributed by atoms with E-state index >= 15 is 0 Å². The zero-order valence-corrected chi connectivity index (χ0v) is 7.81. The summed E-state index contributed by atoms with van der Waals surface area (Å²) in [5.41, 5.74) is 1.33. The van der Waals surface area contributed by atoms with Gasteiger partial charge in [0.25, 0.3) is 0 Å². The lowest BCUT2D eigenvalue weighted by Gasteiger charge is -1.85. The number of benzene rings is 1. The number of rotatable bonds is 0. The van der Waals surface area contributed by atoms with Crippen LogP contribution in [0, 0.1) is 0 Å². The molecule has 1 aromatic heterocycles. The van der Waals surface area contributed by atoms with Crippen molar-refractivity contribution in [3.8, 4) is 0 Å².